The number of carbonyl (C=O) groups excluding carboxylic acids is 2. The van der Waals surface area contributed by atoms with E-state index in [1.807, 2.05) is 43.3 Å². The van der Waals surface area contributed by atoms with Gasteiger partial charge in [0.25, 0.3) is 5.91 Å². The van der Waals surface area contributed by atoms with Gasteiger partial charge in [0.15, 0.2) is 13.2 Å². The first-order valence-corrected chi connectivity index (χ1v) is 9.55. The second kappa shape index (κ2) is 9.93. The van der Waals surface area contributed by atoms with Gasteiger partial charge in [0.05, 0.1) is 0 Å². The molecule has 5 heteroatoms. The molecule has 0 heterocycles. The largest absolute Gasteiger partial charge is 0.482 e. The molecule has 0 fully saturated rings. The van der Waals surface area contributed by atoms with E-state index in [0.29, 0.717) is 5.75 Å². The van der Waals surface area contributed by atoms with Crippen molar-refractivity contribution >= 4 is 17.6 Å². The third-order valence-corrected chi connectivity index (χ3v) is 4.35. The molecule has 0 aliphatic heterocycles. The van der Waals surface area contributed by atoms with Crippen molar-refractivity contribution in [1.82, 2.24) is 0 Å². The van der Waals surface area contributed by atoms with E-state index in [2.05, 4.69) is 33.0 Å². The van der Waals surface area contributed by atoms with Gasteiger partial charge in [0, 0.05) is 5.69 Å². The number of nitrogens with one attached hydrogen (secondary N) is 1. The molecule has 28 heavy (non-hydrogen) atoms. The van der Waals surface area contributed by atoms with Crippen LogP contribution in [0.25, 0.3) is 0 Å². The SMILES string of the molecule is Cc1cccc(OCC(=O)OCC(=O)Nc2c(C(C)C)cccc2C(C)C)c1. The molecule has 0 atom stereocenters. The highest BCUT2D eigenvalue weighted by Gasteiger charge is 2.17. The van der Waals surface area contributed by atoms with E-state index in [1.165, 1.54) is 0 Å². The zero-order valence-corrected chi connectivity index (χ0v) is 17.2. The topological polar surface area (TPSA) is 64.6 Å². The van der Waals surface area contributed by atoms with E-state index in [9.17, 15) is 9.59 Å². The smallest absolute Gasteiger partial charge is 0.344 e. The Bertz CT molecular complexity index is 801. The van der Waals surface area contributed by atoms with Crippen LogP contribution in [0.1, 0.15) is 56.2 Å². The van der Waals surface area contributed by atoms with E-state index in [4.69, 9.17) is 9.47 Å². The number of rotatable bonds is 8. The van der Waals surface area contributed by atoms with Gasteiger partial charge in [-0.3, -0.25) is 4.79 Å². The van der Waals surface area contributed by atoms with E-state index in [1.54, 1.807) is 6.07 Å². The molecule has 2 aromatic rings. The number of amides is 1. The molecule has 1 amide bonds. The van der Waals surface area contributed by atoms with Crippen LogP contribution in [0.4, 0.5) is 5.69 Å². The number of ether oxygens (including phenoxy) is 2. The summed E-state index contributed by atoms with van der Waals surface area (Å²) in [6.07, 6.45) is 0. The van der Waals surface area contributed by atoms with Gasteiger partial charge in [-0.1, -0.05) is 58.0 Å². The van der Waals surface area contributed by atoms with Crippen molar-refractivity contribution in [3.05, 3.63) is 59.2 Å². The lowest BCUT2D eigenvalue weighted by atomic mass is 9.92. The predicted octanol–water partition coefficient (Wildman–Crippen LogP) is 4.80. The molecule has 0 spiro atoms. The fourth-order valence-corrected chi connectivity index (χ4v) is 2.91. The predicted molar refractivity (Wildman–Crippen MR) is 111 cm³/mol. The summed E-state index contributed by atoms with van der Waals surface area (Å²) in [4.78, 5) is 24.2. The maximum absolute atomic E-state index is 12.4. The lowest BCUT2D eigenvalue weighted by Gasteiger charge is -2.20. The molecule has 0 aliphatic carbocycles. The summed E-state index contributed by atoms with van der Waals surface area (Å²) < 4.78 is 10.4. The molecule has 0 aromatic heterocycles. The van der Waals surface area contributed by atoms with Crippen LogP contribution in [0.2, 0.25) is 0 Å². The summed E-state index contributed by atoms with van der Waals surface area (Å²) in [6, 6.07) is 13.4. The molecule has 150 valence electrons. The van der Waals surface area contributed by atoms with Crippen molar-refractivity contribution in [2.75, 3.05) is 18.5 Å². The van der Waals surface area contributed by atoms with Gasteiger partial charge in [0.1, 0.15) is 5.75 Å². The Labute approximate surface area is 167 Å². The van der Waals surface area contributed by atoms with E-state index in [-0.39, 0.29) is 31.0 Å². The van der Waals surface area contributed by atoms with Crippen LogP contribution < -0.4 is 10.1 Å². The molecule has 0 bridgehead atoms. The van der Waals surface area contributed by atoms with E-state index in [0.717, 1.165) is 22.4 Å². The number of anilines is 1. The van der Waals surface area contributed by atoms with Gasteiger partial charge in [-0.15, -0.1) is 0 Å². The normalized spacial score (nSPS) is 10.8. The number of para-hydroxylation sites is 1. The van der Waals surface area contributed by atoms with Crippen LogP contribution in [-0.2, 0) is 14.3 Å². The first-order chi connectivity index (χ1) is 13.3. The lowest BCUT2D eigenvalue weighted by Crippen LogP contribution is -2.24. The molecule has 2 aromatic carbocycles. The number of hydrogen-bond acceptors (Lipinski definition) is 4. The average molecular weight is 383 g/mol. The lowest BCUT2D eigenvalue weighted by molar-refractivity contribution is -0.149. The number of hydrogen-bond donors (Lipinski definition) is 1. The summed E-state index contributed by atoms with van der Waals surface area (Å²) in [7, 11) is 0. The van der Waals surface area contributed by atoms with Gasteiger partial charge < -0.3 is 14.8 Å². The minimum atomic E-state index is -0.585. The summed E-state index contributed by atoms with van der Waals surface area (Å²) in [5.41, 5.74) is 3.97. The van der Waals surface area contributed by atoms with Crippen molar-refractivity contribution in [2.45, 2.75) is 46.5 Å². The number of benzene rings is 2. The Morgan fingerprint density at radius 1 is 0.929 bits per heavy atom. The minimum absolute atomic E-state index is 0.240. The first kappa shape index (κ1) is 21.5. The third kappa shape index (κ3) is 6.12. The quantitative estimate of drug-likeness (QED) is 0.665. The summed E-state index contributed by atoms with van der Waals surface area (Å²) >= 11 is 0. The summed E-state index contributed by atoms with van der Waals surface area (Å²) in [6.45, 7) is 9.68. The zero-order valence-electron chi connectivity index (χ0n) is 17.2. The Morgan fingerprint density at radius 3 is 2.11 bits per heavy atom. The van der Waals surface area contributed by atoms with Crippen molar-refractivity contribution in [2.24, 2.45) is 0 Å². The van der Waals surface area contributed by atoms with Crippen LogP contribution >= 0.6 is 0 Å². The van der Waals surface area contributed by atoms with Gasteiger partial charge in [-0.25, -0.2) is 4.79 Å². The molecule has 0 radical (unpaired) electrons. The van der Waals surface area contributed by atoms with Crippen molar-refractivity contribution in [3.8, 4) is 5.75 Å². The van der Waals surface area contributed by atoms with Crippen LogP contribution in [0, 0.1) is 6.92 Å². The van der Waals surface area contributed by atoms with Crippen LogP contribution in [0.5, 0.6) is 5.75 Å². The van der Waals surface area contributed by atoms with Gasteiger partial charge in [0.2, 0.25) is 0 Å². The molecule has 2 rings (SSSR count). The molecule has 0 saturated heterocycles. The van der Waals surface area contributed by atoms with Gasteiger partial charge >= 0.3 is 5.97 Å². The number of esters is 1. The summed E-state index contributed by atoms with van der Waals surface area (Å²) in [5, 5.41) is 2.92. The van der Waals surface area contributed by atoms with Gasteiger partial charge in [-0.05, 0) is 47.6 Å². The fraction of sp³-hybridized carbons (Fsp3) is 0.391. The molecule has 0 aliphatic rings. The highest BCUT2D eigenvalue weighted by atomic mass is 16.6. The third-order valence-electron chi connectivity index (χ3n) is 4.35. The second-order valence-electron chi connectivity index (χ2n) is 7.43. The Hall–Kier alpha value is -2.82. The Kier molecular flexibility index (Phi) is 7.61. The van der Waals surface area contributed by atoms with Crippen LogP contribution in [-0.4, -0.2) is 25.1 Å². The van der Waals surface area contributed by atoms with Gasteiger partial charge in [-0.2, -0.15) is 0 Å². The maximum atomic E-state index is 12.4. The fourth-order valence-electron chi connectivity index (χ4n) is 2.91. The monoisotopic (exact) mass is 383 g/mol. The molecule has 0 unspecified atom stereocenters. The second-order valence-corrected chi connectivity index (χ2v) is 7.43. The number of aryl methyl sites for hydroxylation is 1. The van der Waals surface area contributed by atoms with E-state index >= 15 is 0 Å². The van der Waals surface area contributed by atoms with Crippen molar-refractivity contribution in [1.29, 1.82) is 0 Å². The molecule has 5 nitrogen and oxygen atoms in total. The standard InChI is InChI=1S/C23H29NO4/c1-15(2)19-10-7-11-20(16(3)4)23(19)24-21(25)13-28-22(26)14-27-18-9-6-8-17(5)12-18/h6-12,15-16H,13-14H2,1-5H3,(H,24,25). The molecular formula is C23H29NO4. The average Bonchev–Trinajstić information content (AvgIpc) is 2.64. The highest BCUT2D eigenvalue weighted by Crippen LogP contribution is 2.32. The molecule has 0 saturated carbocycles. The Balaban J connectivity index is 1.92. The van der Waals surface area contributed by atoms with Crippen LogP contribution in [0.15, 0.2) is 42.5 Å². The molecular weight excluding hydrogens is 354 g/mol. The van der Waals surface area contributed by atoms with Crippen molar-refractivity contribution in [3.63, 3.8) is 0 Å². The summed E-state index contributed by atoms with van der Waals surface area (Å²) in [5.74, 6) is 0.171. The zero-order chi connectivity index (χ0) is 20.7. The Morgan fingerprint density at radius 2 is 1.54 bits per heavy atom. The maximum Gasteiger partial charge on any atom is 0.344 e. The van der Waals surface area contributed by atoms with E-state index < -0.39 is 5.97 Å². The van der Waals surface area contributed by atoms with Crippen molar-refractivity contribution < 1.29 is 19.1 Å². The number of carbonyl (C=O) groups is 2. The minimum Gasteiger partial charge on any atom is -0.482 e. The first-order valence-electron chi connectivity index (χ1n) is 9.55. The highest BCUT2D eigenvalue weighted by molar-refractivity contribution is 5.94. The molecule has 1 N–H and O–H groups in total. The van der Waals surface area contributed by atoms with Crippen LogP contribution in [0.3, 0.4) is 0 Å².